The van der Waals surface area contributed by atoms with Gasteiger partial charge in [0.05, 0.1) is 17.0 Å². The molecule has 0 aliphatic rings. The minimum absolute atomic E-state index is 0.0116. The number of unbranched alkanes of at least 4 members (excludes halogenated alkanes) is 13. The first kappa shape index (κ1) is 31.8. The Morgan fingerprint density at radius 3 is 2.08 bits per heavy atom. The van der Waals surface area contributed by atoms with E-state index in [1.165, 1.54) is 70.3 Å². The Morgan fingerprint density at radius 1 is 0.900 bits per heavy atom. The van der Waals surface area contributed by atoms with E-state index in [1.54, 1.807) is 24.3 Å². The number of fused-ring (bicyclic) bond motifs is 1. The summed E-state index contributed by atoms with van der Waals surface area (Å²) < 4.78 is 63.1. The molecule has 0 fully saturated rings. The number of anilines is 1. The summed E-state index contributed by atoms with van der Waals surface area (Å²) in [5, 5.41) is 0. The number of para-hydroxylation sites is 1. The van der Waals surface area contributed by atoms with Gasteiger partial charge in [0.25, 0.3) is 0 Å². The summed E-state index contributed by atoms with van der Waals surface area (Å²) in [7, 11) is -3.61. The smallest absolute Gasteiger partial charge is 0.232 e. The molecule has 8 heteroatoms. The molecule has 0 atom stereocenters. The molecule has 220 valence electrons. The van der Waals surface area contributed by atoms with Gasteiger partial charge in [-0.1, -0.05) is 109 Å². The largest absolute Gasteiger partial charge is 0.433 e. The van der Waals surface area contributed by atoms with Crippen molar-refractivity contribution in [3.63, 3.8) is 0 Å². The van der Waals surface area contributed by atoms with Crippen molar-refractivity contribution in [2.24, 2.45) is 0 Å². The van der Waals surface area contributed by atoms with Crippen molar-refractivity contribution in [2.75, 3.05) is 10.5 Å². The number of allylic oxidation sites excluding steroid dienone is 1. The highest BCUT2D eigenvalue weighted by molar-refractivity contribution is 7.92. The van der Waals surface area contributed by atoms with Gasteiger partial charge in [0.1, 0.15) is 11.3 Å². The van der Waals surface area contributed by atoms with E-state index in [0.29, 0.717) is 12.0 Å². The van der Waals surface area contributed by atoms with Crippen molar-refractivity contribution in [3.05, 3.63) is 60.2 Å². The Kier molecular flexibility index (Phi) is 13.1. The summed E-state index contributed by atoms with van der Waals surface area (Å²) >= 11 is 0. The average molecular weight is 575 g/mol. The topological polar surface area (TPSA) is 72.2 Å². The van der Waals surface area contributed by atoms with Crippen LogP contribution in [-0.4, -0.2) is 19.2 Å². The maximum atomic E-state index is 14.9. The predicted octanol–water partition coefficient (Wildman–Crippen LogP) is 9.72. The molecule has 0 aliphatic heterocycles. The van der Waals surface area contributed by atoms with E-state index in [4.69, 9.17) is 4.42 Å². The lowest BCUT2D eigenvalue weighted by atomic mass is 10.0. The monoisotopic (exact) mass is 574 g/mol. The van der Waals surface area contributed by atoms with E-state index in [0.717, 1.165) is 25.3 Å². The van der Waals surface area contributed by atoms with E-state index < -0.39 is 21.7 Å². The Hall–Kier alpha value is -2.74. The van der Waals surface area contributed by atoms with Gasteiger partial charge in [-0.3, -0.25) is 4.72 Å². The van der Waals surface area contributed by atoms with Crippen molar-refractivity contribution in [2.45, 2.75) is 103 Å². The molecule has 0 aliphatic carbocycles. The molecular formula is C32H44F2N2O3S. The number of nitrogens with zero attached hydrogens (tertiary/aromatic N) is 1. The molecule has 40 heavy (non-hydrogen) atoms. The lowest BCUT2D eigenvalue weighted by molar-refractivity contribution is 0.537. The van der Waals surface area contributed by atoms with Crippen molar-refractivity contribution < 1.29 is 21.6 Å². The summed E-state index contributed by atoms with van der Waals surface area (Å²) in [5.41, 5.74) is 0.346. The van der Waals surface area contributed by atoms with Crippen LogP contribution in [0.2, 0.25) is 0 Å². The summed E-state index contributed by atoms with van der Waals surface area (Å²) in [6, 6.07) is 7.75. The first-order chi connectivity index (χ1) is 19.4. The molecule has 0 bridgehead atoms. The van der Waals surface area contributed by atoms with Crippen LogP contribution in [0.5, 0.6) is 0 Å². The second kappa shape index (κ2) is 16.5. The number of aromatic nitrogens is 1. The number of hydrogen-bond acceptors (Lipinski definition) is 4. The standard InChI is InChI=1S/C32H44F2N2O3S/c1-3-5-6-7-8-9-10-11-12-13-14-15-16-19-23-40(37,38)36-28-22-18-17-21-26(28)32-35-29-24-27(33)25(20-4-2)30(34)31(29)39-32/h4,17-18,21-22,24,36H,2-3,5-16,19-20,23H2,1H3. The van der Waals surface area contributed by atoms with Crippen molar-refractivity contribution >= 4 is 26.8 Å². The fourth-order valence-electron chi connectivity index (χ4n) is 4.95. The zero-order chi connectivity index (χ0) is 28.8. The Bertz CT molecular complexity index is 1320. The summed E-state index contributed by atoms with van der Waals surface area (Å²) in [5.74, 6) is -1.53. The highest BCUT2D eigenvalue weighted by atomic mass is 32.2. The number of benzene rings is 2. The van der Waals surface area contributed by atoms with E-state index >= 15 is 0 Å². The number of rotatable bonds is 20. The zero-order valence-corrected chi connectivity index (χ0v) is 24.6. The molecule has 3 rings (SSSR count). The van der Waals surface area contributed by atoms with Crippen LogP contribution in [-0.2, 0) is 16.4 Å². The highest BCUT2D eigenvalue weighted by Crippen LogP contribution is 2.33. The first-order valence-corrected chi connectivity index (χ1v) is 16.5. The average Bonchev–Trinajstić information content (AvgIpc) is 3.35. The molecule has 0 saturated carbocycles. The zero-order valence-electron chi connectivity index (χ0n) is 23.8. The van der Waals surface area contributed by atoms with E-state index in [-0.39, 0.29) is 40.4 Å². The third-order valence-corrected chi connectivity index (χ3v) is 8.56. The second-order valence-corrected chi connectivity index (χ2v) is 12.4. The third-order valence-electron chi connectivity index (χ3n) is 7.21. The van der Waals surface area contributed by atoms with Gasteiger partial charge < -0.3 is 4.42 Å². The van der Waals surface area contributed by atoms with Gasteiger partial charge in [-0.15, -0.1) is 6.58 Å². The predicted molar refractivity (Wildman–Crippen MR) is 161 cm³/mol. The Labute approximate surface area is 238 Å². The first-order valence-electron chi connectivity index (χ1n) is 14.8. The van der Waals surface area contributed by atoms with Crippen molar-refractivity contribution in [1.82, 2.24) is 4.98 Å². The highest BCUT2D eigenvalue weighted by Gasteiger charge is 2.21. The van der Waals surface area contributed by atoms with Crippen LogP contribution in [0.3, 0.4) is 0 Å². The quantitative estimate of drug-likeness (QED) is 0.108. The van der Waals surface area contributed by atoms with E-state index in [9.17, 15) is 17.2 Å². The minimum atomic E-state index is -3.61. The van der Waals surface area contributed by atoms with Gasteiger partial charge in [0, 0.05) is 11.6 Å². The molecule has 1 N–H and O–H groups in total. The second-order valence-electron chi connectivity index (χ2n) is 10.6. The number of sulfonamides is 1. The Morgan fingerprint density at radius 2 is 1.48 bits per heavy atom. The molecule has 1 heterocycles. The molecule has 3 aromatic rings. The lowest BCUT2D eigenvalue weighted by Gasteiger charge is -2.11. The van der Waals surface area contributed by atoms with Gasteiger partial charge in [-0.2, -0.15) is 0 Å². The maximum absolute atomic E-state index is 14.9. The van der Waals surface area contributed by atoms with E-state index in [2.05, 4.69) is 23.2 Å². The summed E-state index contributed by atoms with van der Waals surface area (Å²) in [6.45, 7) is 5.78. The number of nitrogens with one attached hydrogen (secondary N) is 1. The number of halogens is 2. The fourth-order valence-corrected chi connectivity index (χ4v) is 6.15. The fraction of sp³-hybridized carbons (Fsp3) is 0.531. The van der Waals surface area contributed by atoms with Gasteiger partial charge in [-0.25, -0.2) is 22.2 Å². The van der Waals surface area contributed by atoms with Crippen LogP contribution in [0.15, 0.2) is 47.4 Å². The van der Waals surface area contributed by atoms with Gasteiger partial charge in [0.15, 0.2) is 11.4 Å². The van der Waals surface area contributed by atoms with Gasteiger partial charge >= 0.3 is 0 Å². The van der Waals surface area contributed by atoms with Crippen LogP contribution in [0.4, 0.5) is 14.5 Å². The number of hydrogen-bond donors (Lipinski definition) is 1. The SMILES string of the molecule is C=CCc1c(F)cc2nc(-c3ccccc3NS(=O)(=O)CCCCCCCCCCCCCCCC)oc2c1F. The maximum Gasteiger partial charge on any atom is 0.232 e. The molecule has 1 aromatic heterocycles. The van der Waals surface area contributed by atoms with Crippen LogP contribution in [0.1, 0.15) is 102 Å². The molecular weight excluding hydrogens is 530 g/mol. The molecule has 2 aromatic carbocycles. The Balaban J connectivity index is 1.45. The van der Waals surface area contributed by atoms with Gasteiger partial charge in [-0.05, 0) is 25.0 Å². The van der Waals surface area contributed by atoms with Crippen LogP contribution >= 0.6 is 0 Å². The summed E-state index contributed by atoms with van der Waals surface area (Å²) in [4.78, 5) is 4.23. The van der Waals surface area contributed by atoms with Crippen LogP contribution in [0.25, 0.3) is 22.6 Å². The number of oxazole rings is 1. The van der Waals surface area contributed by atoms with Crippen molar-refractivity contribution in [3.8, 4) is 11.5 Å². The van der Waals surface area contributed by atoms with Crippen LogP contribution in [0, 0.1) is 11.6 Å². The summed E-state index contributed by atoms with van der Waals surface area (Å²) in [6.07, 6.45) is 18.2. The normalized spacial score (nSPS) is 11.8. The lowest BCUT2D eigenvalue weighted by Crippen LogP contribution is -2.17. The molecule has 0 spiro atoms. The third kappa shape index (κ3) is 9.72. The molecule has 0 radical (unpaired) electrons. The molecule has 0 unspecified atom stereocenters. The molecule has 0 amide bonds. The van der Waals surface area contributed by atoms with Crippen molar-refractivity contribution in [1.29, 1.82) is 0 Å². The van der Waals surface area contributed by atoms with Gasteiger partial charge in [0.2, 0.25) is 15.9 Å². The minimum Gasteiger partial charge on any atom is -0.433 e. The van der Waals surface area contributed by atoms with Crippen LogP contribution < -0.4 is 4.72 Å². The molecule has 0 saturated heterocycles. The van der Waals surface area contributed by atoms with E-state index in [1.807, 2.05) is 0 Å². The molecule has 5 nitrogen and oxygen atoms in total.